The summed E-state index contributed by atoms with van der Waals surface area (Å²) in [6.45, 7) is 6.24. The van der Waals surface area contributed by atoms with E-state index in [-0.39, 0.29) is 10.9 Å². The normalized spacial score (nSPS) is 14.8. The average molecular weight is 420 g/mol. The molecule has 0 saturated carbocycles. The van der Waals surface area contributed by atoms with Gasteiger partial charge in [-0.3, -0.25) is 9.48 Å². The van der Waals surface area contributed by atoms with Gasteiger partial charge in [-0.1, -0.05) is 41.9 Å². The fraction of sp³-hybridized carbons (Fsp3) is 0.238. The van der Waals surface area contributed by atoms with E-state index in [0.29, 0.717) is 30.1 Å². The molecule has 0 spiro atoms. The van der Waals surface area contributed by atoms with Gasteiger partial charge in [0, 0.05) is 19.2 Å². The summed E-state index contributed by atoms with van der Waals surface area (Å²) in [5, 5.41) is 5.19. The average Bonchev–Trinajstić information content (AvgIpc) is 3.02. The minimum atomic E-state index is -0.398. The highest BCUT2D eigenvalue weighted by Crippen LogP contribution is 2.30. The third-order valence-electron chi connectivity index (χ3n) is 4.73. The molecule has 0 N–H and O–H groups in total. The Hall–Kier alpha value is -2.37. The molecule has 0 unspecified atom stereocenters. The summed E-state index contributed by atoms with van der Waals surface area (Å²) in [6.07, 6.45) is 4.90. The topological polar surface area (TPSA) is 38.1 Å². The minimum Gasteiger partial charge on any atom is -0.332 e. The first-order valence-electron chi connectivity index (χ1n) is 8.78. The van der Waals surface area contributed by atoms with Crippen LogP contribution in [0.15, 0.2) is 48.8 Å². The third kappa shape index (κ3) is 3.91. The molecule has 2 aromatic rings. The number of fused-ring (bicyclic) bond motifs is 1. The molecule has 0 atom stereocenters. The number of hydrogen-bond acceptors (Lipinski definition) is 2. The van der Waals surface area contributed by atoms with Crippen molar-refractivity contribution in [2.75, 3.05) is 6.54 Å². The van der Waals surface area contributed by atoms with Crippen LogP contribution < -0.4 is 0 Å². The van der Waals surface area contributed by atoms with Crippen molar-refractivity contribution >= 4 is 34.7 Å². The number of nitrogens with zero attached hydrogens (tertiary/aromatic N) is 3. The summed E-state index contributed by atoms with van der Waals surface area (Å²) in [6, 6.07) is 5.03. The monoisotopic (exact) mass is 419 g/mol. The van der Waals surface area contributed by atoms with Gasteiger partial charge in [0.05, 0.1) is 33.5 Å². The number of halogens is 3. The molecule has 1 aliphatic heterocycles. The van der Waals surface area contributed by atoms with Gasteiger partial charge < -0.3 is 4.90 Å². The molecule has 0 radical (unpaired) electrons. The molecule has 1 aromatic carbocycles. The molecule has 0 fully saturated rings. The highest BCUT2D eigenvalue weighted by Gasteiger charge is 2.28. The van der Waals surface area contributed by atoms with Crippen LogP contribution in [0.25, 0.3) is 5.57 Å². The Kier molecular flexibility index (Phi) is 6.06. The lowest BCUT2D eigenvalue weighted by Gasteiger charge is -2.27. The van der Waals surface area contributed by atoms with Gasteiger partial charge in [-0.25, -0.2) is 4.39 Å². The maximum Gasteiger partial charge on any atom is 0.255 e. The smallest absolute Gasteiger partial charge is 0.255 e. The van der Waals surface area contributed by atoms with Crippen molar-refractivity contribution in [3.8, 4) is 0 Å². The maximum absolute atomic E-state index is 13.3. The summed E-state index contributed by atoms with van der Waals surface area (Å²) in [5.74, 6) is -0.570. The Morgan fingerprint density at radius 2 is 2.07 bits per heavy atom. The van der Waals surface area contributed by atoms with Crippen LogP contribution in [0.3, 0.4) is 0 Å². The van der Waals surface area contributed by atoms with Crippen molar-refractivity contribution in [1.82, 2.24) is 14.7 Å². The predicted molar refractivity (Wildman–Crippen MR) is 111 cm³/mol. The zero-order valence-electron chi connectivity index (χ0n) is 15.7. The second-order valence-corrected chi connectivity index (χ2v) is 7.37. The van der Waals surface area contributed by atoms with E-state index >= 15 is 0 Å². The van der Waals surface area contributed by atoms with Crippen LogP contribution in [-0.4, -0.2) is 27.1 Å². The van der Waals surface area contributed by atoms with E-state index in [1.54, 1.807) is 33.9 Å². The Morgan fingerprint density at radius 1 is 1.32 bits per heavy atom. The number of benzene rings is 1. The van der Waals surface area contributed by atoms with E-state index in [4.69, 9.17) is 23.2 Å². The van der Waals surface area contributed by atoms with Crippen LogP contribution in [0.4, 0.5) is 4.39 Å². The van der Waals surface area contributed by atoms with Crippen LogP contribution in [0.5, 0.6) is 0 Å². The number of aromatic nitrogens is 2. The van der Waals surface area contributed by atoms with Gasteiger partial charge >= 0.3 is 0 Å². The maximum atomic E-state index is 13.3. The number of aryl methyl sites for hydroxylation is 1. The summed E-state index contributed by atoms with van der Waals surface area (Å²) >= 11 is 12.2. The molecule has 2 heterocycles. The molecular weight excluding hydrogens is 400 g/mol. The molecular formula is C21H20Cl2FN3O. The van der Waals surface area contributed by atoms with Gasteiger partial charge in [-0.2, -0.15) is 5.10 Å². The zero-order chi connectivity index (χ0) is 20.4. The van der Waals surface area contributed by atoms with E-state index in [1.807, 2.05) is 14.0 Å². The number of hydrogen-bond donors (Lipinski definition) is 0. The number of carbonyl (C=O) groups is 1. The molecule has 1 aromatic heterocycles. The molecule has 1 amide bonds. The van der Waals surface area contributed by atoms with Crippen molar-refractivity contribution in [1.29, 1.82) is 0 Å². The van der Waals surface area contributed by atoms with Crippen LogP contribution in [-0.2, 0) is 20.0 Å². The summed E-state index contributed by atoms with van der Waals surface area (Å²) in [4.78, 5) is 14.6. The lowest BCUT2D eigenvalue weighted by atomic mass is 9.99. The van der Waals surface area contributed by atoms with Crippen molar-refractivity contribution in [3.05, 3.63) is 81.4 Å². The summed E-state index contributed by atoms with van der Waals surface area (Å²) in [5.41, 5.74) is 4.12. The number of rotatable bonds is 4. The van der Waals surface area contributed by atoms with Crippen LogP contribution in [0.1, 0.15) is 34.2 Å². The first kappa shape index (κ1) is 20.4. The molecule has 1 aliphatic rings. The second-order valence-electron chi connectivity index (χ2n) is 6.58. The van der Waals surface area contributed by atoms with Crippen molar-refractivity contribution in [2.24, 2.45) is 7.05 Å². The Bertz CT molecular complexity index is 1010. The molecule has 7 heteroatoms. The zero-order valence-corrected chi connectivity index (χ0v) is 17.2. The number of amides is 1. The van der Waals surface area contributed by atoms with Gasteiger partial charge in [0.15, 0.2) is 0 Å². The molecule has 0 bridgehead atoms. The van der Waals surface area contributed by atoms with E-state index in [1.165, 1.54) is 6.08 Å². The Morgan fingerprint density at radius 3 is 2.79 bits per heavy atom. The Labute approximate surface area is 173 Å². The van der Waals surface area contributed by atoms with Crippen molar-refractivity contribution < 1.29 is 9.18 Å². The molecule has 4 nitrogen and oxygen atoms in total. The number of carbonyl (C=O) groups excluding carboxylic acids is 1. The highest BCUT2D eigenvalue weighted by atomic mass is 35.5. The van der Waals surface area contributed by atoms with E-state index in [0.717, 1.165) is 28.6 Å². The quantitative estimate of drug-likeness (QED) is 0.624. The fourth-order valence-corrected chi connectivity index (χ4v) is 3.76. The van der Waals surface area contributed by atoms with E-state index < -0.39 is 5.83 Å². The molecule has 28 heavy (non-hydrogen) atoms. The lowest BCUT2D eigenvalue weighted by molar-refractivity contribution is 0.0732. The lowest BCUT2D eigenvalue weighted by Crippen LogP contribution is -2.36. The standard InChI is InChI=1S/C21H20Cl2FN3O/c1-4-14(24)9-8-13(2)20-15-10-11-27(12-18(15)25-26(20)3)21(28)16-6-5-7-17(22)19(16)23/h4-9H,1,10-12H2,2-3H3/b13-8+,14-9+. The van der Waals surface area contributed by atoms with Gasteiger partial charge in [-0.05, 0) is 43.2 Å². The molecule has 0 saturated heterocycles. The van der Waals surface area contributed by atoms with Gasteiger partial charge in [0.2, 0.25) is 0 Å². The highest BCUT2D eigenvalue weighted by molar-refractivity contribution is 6.43. The minimum absolute atomic E-state index is 0.173. The fourth-order valence-electron chi connectivity index (χ4n) is 3.38. The summed E-state index contributed by atoms with van der Waals surface area (Å²) < 4.78 is 15.1. The van der Waals surface area contributed by atoms with Crippen molar-refractivity contribution in [3.63, 3.8) is 0 Å². The SMILES string of the molecule is C=C/C(F)=C\C=C(/C)c1c2c(nn1C)CN(C(=O)c1cccc(Cl)c1Cl)CC2. The number of allylic oxidation sites excluding steroid dienone is 5. The van der Waals surface area contributed by atoms with Gasteiger partial charge in [-0.15, -0.1) is 0 Å². The van der Waals surface area contributed by atoms with Gasteiger partial charge in [0.1, 0.15) is 5.83 Å². The van der Waals surface area contributed by atoms with E-state index in [2.05, 4.69) is 11.7 Å². The second kappa shape index (κ2) is 8.33. The molecule has 3 rings (SSSR count). The first-order chi connectivity index (χ1) is 13.3. The third-order valence-corrected chi connectivity index (χ3v) is 5.55. The van der Waals surface area contributed by atoms with E-state index in [9.17, 15) is 9.18 Å². The van der Waals surface area contributed by atoms with Crippen LogP contribution >= 0.6 is 23.2 Å². The first-order valence-corrected chi connectivity index (χ1v) is 9.54. The van der Waals surface area contributed by atoms with Crippen molar-refractivity contribution in [2.45, 2.75) is 19.9 Å². The van der Waals surface area contributed by atoms with Gasteiger partial charge in [0.25, 0.3) is 5.91 Å². The molecule has 146 valence electrons. The summed E-state index contributed by atoms with van der Waals surface area (Å²) in [7, 11) is 1.85. The predicted octanol–water partition coefficient (Wildman–Crippen LogP) is 5.37. The van der Waals surface area contributed by atoms with Crippen LogP contribution in [0.2, 0.25) is 10.0 Å². The largest absolute Gasteiger partial charge is 0.332 e. The van der Waals surface area contributed by atoms with Crippen LogP contribution in [0, 0.1) is 0 Å². The Balaban J connectivity index is 1.88. The molecule has 0 aliphatic carbocycles.